The Labute approximate surface area is 150 Å². The summed E-state index contributed by atoms with van der Waals surface area (Å²) in [5.74, 6) is -2.01. The maximum atomic E-state index is 13.8. The van der Waals surface area contributed by atoms with Crippen molar-refractivity contribution in [2.75, 3.05) is 4.72 Å². The first-order valence-electron chi connectivity index (χ1n) is 6.61. The summed E-state index contributed by atoms with van der Waals surface area (Å²) in [6.07, 6.45) is 1.13. The van der Waals surface area contributed by atoms with Crippen LogP contribution in [0.15, 0.2) is 35.4 Å². The van der Waals surface area contributed by atoms with Crippen LogP contribution in [0.25, 0.3) is 10.9 Å². The summed E-state index contributed by atoms with van der Waals surface area (Å²) in [7, 11) is -4.27. The van der Waals surface area contributed by atoms with E-state index in [2.05, 4.69) is 4.98 Å². The molecule has 3 aromatic rings. The Bertz CT molecular complexity index is 1150. The minimum atomic E-state index is -4.27. The number of rotatable bonds is 3. The van der Waals surface area contributed by atoms with Crippen molar-refractivity contribution in [3.63, 3.8) is 0 Å². The summed E-state index contributed by atoms with van der Waals surface area (Å²) < 4.78 is 54.4. The van der Waals surface area contributed by atoms with Gasteiger partial charge in [-0.2, -0.15) is 5.26 Å². The van der Waals surface area contributed by atoms with E-state index in [4.69, 9.17) is 28.5 Å². The fourth-order valence-corrected chi connectivity index (χ4v) is 3.86. The molecule has 0 saturated heterocycles. The Balaban J connectivity index is 2.12. The molecule has 10 heteroatoms. The van der Waals surface area contributed by atoms with Gasteiger partial charge in [0.1, 0.15) is 22.6 Å². The zero-order chi connectivity index (χ0) is 18.4. The lowest BCUT2D eigenvalue weighted by Gasteiger charge is -2.09. The van der Waals surface area contributed by atoms with Gasteiger partial charge in [-0.25, -0.2) is 17.2 Å². The second-order valence-corrected chi connectivity index (χ2v) is 7.43. The molecular weight excluding hydrogens is 395 g/mol. The van der Waals surface area contributed by atoms with Crippen LogP contribution in [0.5, 0.6) is 0 Å². The smallest absolute Gasteiger partial charge is 0.264 e. The average molecular weight is 402 g/mol. The maximum absolute atomic E-state index is 13.8. The van der Waals surface area contributed by atoms with E-state index in [0.29, 0.717) is 12.1 Å². The van der Waals surface area contributed by atoms with Crippen molar-refractivity contribution in [2.24, 2.45) is 0 Å². The fraction of sp³-hybridized carbons (Fsp3) is 0. The number of hydrogen-bond donors (Lipinski definition) is 2. The standard InChI is InChI=1S/C15H7Cl2F2N3O2S/c16-9-2-1-7-14(6-21-15(7)8(9)5-20)25(23,24)22-13-4-11(18)10(17)3-12(13)19/h1-4,6,21-22H. The molecule has 1 aromatic heterocycles. The molecule has 0 aliphatic heterocycles. The Morgan fingerprint density at radius 2 is 1.84 bits per heavy atom. The Hall–Kier alpha value is -2.34. The molecule has 0 aliphatic carbocycles. The van der Waals surface area contributed by atoms with Gasteiger partial charge in [0.25, 0.3) is 10.0 Å². The summed E-state index contributed by atoms with van der Waals surface area (Å²) in [6.45, 7) is 0. The minimum absolute atomic E-state index is 0.0735. The molecular formula is C15H7Cl2F2N3O2S. The quantitative estimate of drug-likeness (QED) is 0.636. The van der Waals surface area contributed by atoms with Gasteiger partial charge in [0.05, 0.1) is 26.8 Å². The van der Waals surface area contributed by atoms with Gasteiger partial charge in [-0.15, -0.1) is 0 Å². The topological polar surface area (TPSA) is 85.8 Å². The third-order valence-corrected chi connectivity index (χ3v) is 5.43. The van der Waals surface area contributed by atoms with Crippen LogP contribution in [-0.2, 0) is 10.0 Å². The normalized spacial score (nSPS) is 11.5. The highest BCUT2D eigenvalue weighted by atomic mass is 35.5. The molecule has 0 aliphatic rings. The van der Waals surface area contributed by atoms with Crippen LogP contribution in [0.4, 0.5) is 14.5 Å². The lowest BCUT2D eigenvalue weighted by molar-refractivity contribution is 0.595. The molecule has 2 N–H and O–H groups in total. The van der Waals surface area contributed by atoms with E-state index in [-0.39, 0.29) is 26.4 Å². The van der Waals surface area contributed by atoms with Crippen LogP contribution in [0.2, 0.25) is 10.0 Å². The van der Waals surface area contributed by atoms with E-state index in [1.165, 1.54) is 12.1 Å². The molecule has 3 rings (SSSR count). The average Bonchev–Trinajstić information content (AvgIpc) is 2.97. The summed E-state index contributed by atoms with van der Waals surface area (Å²) >= 11 is 11.3. The van der Waals surface area contributed by atoms with Crippen LogP contribution in [0, 0.1) is 23.0 Å². The molecule has 128 valence electrons. The van der Waals surface area contributed by atoms with Crippen LogP contribution in [0.1, 0.15) is 5.56 Å². The molecule has 0 saturated carbocycles. The van der Waals surface area contributed by atoms with Crippen molar-refractivity contribution in [1.82, 2.24) is 4.98 Å². The molecule has 0 spiro atoms. The number of H-pyrrole nitrogens is 1. The number of hydrogen-bond acceptors (Lipinski definition) is 3. The minimum Gasteiger partial charge on any atom is -0.359 e. The highest BCUT2D eigenvalue weighted by Gasteiger charge is 2.23. The lowest BCUT2D eigenvalue weighted by atomic mass is 10.1. The van der Waals surface area contributed by atoms with E-state index >= 15 is 0 Å². The van der Waals surface area contributed by atoms with Crippen molar-refractivity contribution in [2.45, 2.75) is 4.90 Å². The van der Waals surface area contributed by atoms with E-state index in [9.17, 15) is 17.2 Å². The highest BCUT2D eigenvalue weighted by Crippen LogP contribution is 2.31. The Kier molecular flexibility index (Phi) is 4.33. The maximum Gasteiger partial charge on any atom is 0.264 e. The number of nitriles is 1. The van der Waals surface area contributed by atoms with Gasteiger partial charge in [0, 0.05) is 17.6 Å². The number of halogens is 4. The number of nitrogens with zero attached hydrogens (tertiary/aromatic N) is 1. The lowest BCUT2D eigenvalue weighted by Crippen LogP contribution is -2.14. The number of anilines is 1. The van der Waals surface area contributed by atoms with Crippen LogP contribution in [-0.4, -0.2) is 13.4 Å². The molecule has 0 amide bonds. The zero-order valence-corrected chi connectivity index (χ0v) is 14.4. The first-order chi connectivity index (χ1) is 11.7. The molecule has 0 fully saturated rings. The van der Waals surface area contributed by atoms with Crippen LogP contribution < -0.4 is 4.72 Å². The van der Waals surface area contributed by atoms with E-state index in [0.717, 1.165) is 6.20 Å². The van der Waals surface area contributed by atoms with Gasteiger partial charge < -0.3 is 4.98 Å². The van der Waals surface area contributed by atoms with Gasteiger partial charge >= 0.3 is 0 Å². The van der Waals surface area contributed by atoms with Gasteiger partial charge in [-0.3, -0.25) is 4.72 Å². The molecule has 0 radical (unpaired) electrons. The summed E-state index contributed by atoms with van der Waals surface area (Å²) in [5.41, 5.74) is -0.298. The van der Waals surface area contributed by atoms with Crippen molar-refractivity contribution in [3.8, 4) is 6.07 Å². The van der Waals surface area contributed by atoms with E-state index in [1.54, 1.807) is 0 Å². The van der Waals surface area contributed by atoms with Crippen molar-refractivity contribution >= 4 is 49.8 Å². The van der Waals surface area contributed by atoms with E-state index < -0.39 is 32.4 Å². The largest absolute Gasteiger partial charge is 0.359 e. The zero-order valence-electron chi connectivity index (χ0n) is 12.1. The predicted octanol–water partition coefficient (Wildman–Crippen LogP) is 4.43. The summed E-state index contributed by atoms with van der Waals surface area (Å²) in [6, 6.07) is 5.96. The number of aromatic amines is 1. The molecule has 1 heterocycles. The second-order valence-electron chi connectivity index (χ2n) is 4.96. The molecule has 0 atom stereocenters. The monoisotopic (exact) mass is 401 g/mol. The molecule has 25 heavy (non-hydrogen) atoms. The van der Waals surface area contributed by atoms with Gasteiger partial charge in [-0.05, 0) is 18.2 Å². The van der Waals surface area contributed by atoms with Crippen molar-refractivity contribution in [3.05, 3.63) is 57.7 Å². The van der Waals surface area contributed by atoms with Crippen LogP contribution in [0.3, 0.4) is 0 Å². The van der Waals surface area contributed by atoms with Gasteiger partial charge in [0.2, 0.25) is 0 Å². The van der Waals surface area contributed by atoms with E-state index in [1.807, 2.05) is 10.8 Å². The van der Waals surface area contributed by atoms with Crippen molar-refractivity contribution in [1.29, 1.82) is 5.26 Å². The first kappa shape index (κ1) is 17.5. The third kappa shape index (κ3) is 3.02. The summed E-state index contributed by atoms with van der Waals surface area (Å²) in [4.78, 5) is 2.42. The first-order valence-corrected chi connectivity index (χ1v) is 8.85. The van der Waals surface area contributed by atoms with Crippen LogP contribution >= 0.6 is 23.2 Å². The number of fused-ring (bicyclic) bond motifs is 1. The fourth-order valence-electron chi connectivity index (χ4n) is 2.28. The molecule has 0 unspecified atom stereocenters. The highest BCUT2D eigenvalue weighted by molar-refractivity contribution is 7.93. The SMILES string of the molecule is N#Cc1c(Cl)ccc2c(S(=O)(=O)Nc3cc(F)c(Cl)cc3F)c[nH]c12. The molecule has 5 nitrogen and oxygen atoms in total. The summed E-state index contributed by atoms with van der Waals surface area (Å²) in [5, 5.41) is 9.00. The Morgan fingerprint density at radius 3 is 2.52 bits per heavy atom. The second kappa shape index (κ2) is 6.19. The van der Waals surface area contributed by atoms with Gasteiger partial charge in [0.15, 0.2) is 0 Å². The van der Waals surface area contributed by atoms with Gasteiger partial charge in [-0.1, -0.05) is 23.2 Å². The number of benzene rings is 2. The number of sulfonamides is 1. The van der Waals surface area contributed by atoms with Crippen molar-refractivity contribution < 1.29 is 17.2 Å². The predicted molar refractivity (Wildman–Crippen MR) is 90.2 cm³/mol. The number of aromatic nitrogens is 1. The number of nitrogens with one attached hydrogen (secondary N) is 2. The molecule has 2 aromatic carbocycles. The third-order valence-electron chi connectivity index (χ3n) is 3.42. The Morgan fingerprint density at radius 1 is 1.12 bits per heavy atom. The molecule has 0 bridgehead atoms.